The van der Waals surface area contributed by atoms with Gasteiger partial charge in [0.25, 0.3) is 5.91 Å². The summed E-state index contributed by atoms with van der Waals surface area (Å²) in [5.41, 5.74) is 1.23. The van der Waals surface area contributed by atoms with E-state index in [0.29, 0.717) is 22.9 Å². The quantitative estimate of drug-likeness (QED) is 0.442. The first-order valence-corrected chi connectivity index (χ1v) is 8.39. The van der Waals surface area contributed by atoms with Crippen LogP contribution in [0.25, 0.3) is 0 Å². The first-order chi connectivity index (χ1) is 12.4. The van der Waals surface area contributed by atoms with Crippen LogP contribution in [0.5, 0.6) is 5.75 Å². The highest BCUT2D eigenvalue weighted by atomic mass is 35.5. The molecule has 6 nitrogen and oxygen atoms in total. The summed E-state index contributed by atoms with van der Waals surface area (Å²) in [5, 5.41) is 6.05. The molecule has 0 aliphatic rings. The average Bonchev–Trinajstić information content (AvgIpc) is 2.60. The summed E-state index contributed by atoms with van der Waals surface area (Å²) in [6.45, 7) is 1.88. The SMILES string of the molecule is CC(=O)Oc1cccc(C(=O)NCCNC(=O)Cc2ccc(Cl)cc2)c1. The topological polar surface area (TPSA) is 84.5 Å². The van der Waals surface area contributed by atoms with E-state index >= 15 is 0 Å². The molecule has 0 heterocycles. The van der Waals surface area contributed by atoms with Gasteiger partial charge in [-0.1, -0.05) is 29.8 Å². The second-order valence-corrected chi connectivity index (χ2v) is 5.97. The zero-order valence-corrected chi connectivity index (χ0v) is 15.0. The number of benzene rings is 2. The van der Waals surface area contributed by atoms with Crippen LogP contribution in [0.15, 0.2) is 48.5 Å². The van der Waals surface area contributed by atoms with Crippen molar-refractivity contribution < 1.29 is 19.1 Å². The van der Waals surface area contributed by atoms with Crippen molar-refractivity contribution >= 4 is 29.4 Å². The van der Waals surface area contributed by atoms with Crippen molar-refractivity contribution in [3.8, 4) is 5.75 Å². The molecule has 0 fully saturated rings. The fourth-order valence-electron chi connectivity index (χ4n) is 2.20. The smallest absolute Gasteiger partial charge is 0.308 e. The molecular formula is C19H19ClN2O4. The maximum atomic E-state index is 12.1. The third kappa shape index (κ3) is 6.57. The van der Waals surface area contributed by atoms with Gasteiger partial charge >= 0.3 is 5.97 Å². The van der Waals surface area contributed by atoms with Gasteiger partial charge in [0, 0.05) is 30.6 Å². The standard InChI is InChI=1S/C19H19ClN2O4/c1-13(23)26-17-4-2-3-15(12-17)19(25)22-10-9-21-18(24)11-14-5-7-16(20)8-6-14/h2-8,12H,9-11H2,1H3,(H,21,24)(H,22,25). The number of rotatable bonds is 7. The molecule has 2 amide bonds. The Bertz CT molecular complexity index is 790. The van der Waals surface area contributed by atoms with E-state index in [1.54, 1.807) is 42.5 Å². The summed E-state index contributed by atoms with van der Waals surface area (Å²) in [7, 11) is 0. The highest BCUT2D eigenvalue weighted by Crippen LogP contribution is 2.13. The molecule has 0 aliphatic heterocycles. The number of hydrogen-bond acceptors (Lipinski definition) is 4. The first-order valence-electron chi connectivity index (χ1n) is 8.02. The Morgan fingerprint density at radius 2 is 1.69 bits per heavy atom. The molecule has 136 valence electrons. The number of carbonyl (C=O) groups is 3. The Hall–Kier alpha value is -2.86. The minimum absolute atomic E-state index is 0.140. The van der Waals surface area contributed by atoms with Gasteiger partial charge in [0.05, 0.1) is 6.42 Å². The Morgan fingerprint density at radius 1 is 1.00 bits per heavy atom. The van der Waals surface area contributed by atoms with Crippen molar-refractivity contribution in [3.05, 3.63) is 64.7 Å². The first kappa shape index (κ1) is 19.5. The van der Waals surface area contributed by atoms with Gasteiger partial charge in [0.1, 0.15) is 5.75 Å². The van der Waals surface area contributed by atoms with Crippen LogP contribution in [-0.2, 0) is 16.0 Å². The van der Waals surface area contributed by atoms with Crippen LogP contribution in [0, 0.1) is 0 Å². The van der Waals surface area contributed by atoms with Crippen LogP contribution in [0.1, 0.15) is 22.8 Å². The van der Waals surface area contributed by atoms with Gasteiger partial charge in [0.15, 0.2) is 0 Å². The number of nitrogens with one attached hydrogen (secondary N) is 2. The minimum atomic E-state index is -0.453. The zero-order chi connectivity index (χ0) is 18.9. The predicted octanol–water partition coefficient (Wildman–Crippen LogP) is 2.35. The number of amides is 2. The van der Waals surface area contributed by atoms with E-state index in [2.05, 4.69) is 10.6 Å². The molecular weight excluding hydrogens is 356 g/mol. The highest BCUT2D eigenvalue weighted by molar-refractivity contribution is 6.30. The predicted molar refractivity (Wildman–Crippen MR) is 98.2 cm³/mol. The van der Waals surface area contributed by atoms with E-state index in [4.69, 9.17) is 16.3 Å². The average molecular weight is 375 g/mol. The van der Waals surface area contributed by atoms with Crippen molar-refractivity contribution in [2.24, 2.45) is 0 Å². The Kier molecular flexibility index (Phi) is 7.17. The zero-order valence-electron chi connectivity index (χ0n) is 14.3. The summed E-state index contributed by atoms with van der Waals surface area (Å²) >= 11 is 5.80. The number of hydrogen-bond donors (Lipinski definition) is 2. The summed E-state index contributed by atoms with van der Waals surface area (Å²) in [6, 6.07) is 13.4. The molecule has 0 atom stereocenters. The van der Waals surface area contributed by atoms with Crippen molar-refractivity contribution in [2.75, 3.05) is 13.1 Å². The Balaban J connectivity index is 1.73. The third-order valence-electron chi connectivity index (χ3n) is 3.37. The molecule has 0 aliphatic carbocycles. The van der Waals surface area contributed by atoms with E-state index < -0.39 is 5.97 Å². The summed E-state index contributed by atoms with van der Waals surface area (Å²) in [5.74, 6) is -0.600. The largest absolute Gasteiger partial charge is 0.427 e. The molecule has 0 aromatic heterocycles. The Morgan fingerprint density at radius 3 is 2.38 bits per heavy atom. The van der Waals surface area contributed by atoms with Crippen LogP contribution in [0.2, 0.25) is 5.02 Å². The fraction of sp³-hybridized carbons (Fsp3) is 0.211. The molecule has 2 aromatic rings. The normalized spacial score (nSPS) is 10.1. The fourth-order valence-corrected chi connectivity index (χ4v) is 2.32. The van der Waals surface area contributed by atoms with Gasteiger partial charge in [-0.3, -0.25) is 14.4 Å². The second kappa shape index (κ2) is 9.58. The lowest BCUT2D eigenvalue weighted by Crippen LogP contribution is -2.35. The van der Waals surface area contributed by atoms with Crippen molar-refractivity contribution in [3.63, 3.8) is 0 Å². The Labute approximate surface area is 156 Å². The number of halogens is 1. The number of carbonyl (C=O) groups excluding carboxylic acids is 3. The van der Waals surface area contributed by atoms with Crippen LogP contribution in [0.4, 0.5) is 0 Å². The molecule has 0 radical (unpaired) electrons. The maximum Gasteiger partial charge on any atom is 0.308 e. The lowest BCUT2D eigenvalue weighted by atomic mass is 10.1. The van der Waals surface area contributed by atoms with Crippen molar-refractivity contribution in [1.29, 1.82) is 0 Å². The van der Waals surface area contributed by atoms with Gasteiger partial charge in [-0.15, -0.1) is 0 Å². The highest BCUT2D eigenvalue weighted by Gasteiger charge is 2.08. The number of esters is 1. The van der Waals surface area contributed by atoms with Gasteiger partial charge in [-0.25, -0.2) is 0 Å². The van der Waals surface area contributed by atoms with Crippen LogP contribution in [-0.4, -0.2) is 30.9 Å². The number of ether oxygens (including phenoxy) is 1. The molecule has 2 aromatic carbocycles. The molecule has 0 saturated heterocycles. The lowest BCUT2D eigenvalue weighted by Gasteiger charge is -2.08. The van der Waals surface area contributed by atoms with E-state index in [9.17, 15) is 14.4 Å². The third-order valence-corrected chi connectivity index (χ3v) is 3.62. The summed E-state index contributed by atoms with van der Waals surface area (Å²) in [6.07, 6.45) is 0.246. The van der Waals surface area contributed by atoms with E-state index in [1.807, 2.05) is 0 Å². The van der Waals surface area contributed by atoms with Crippen LogP contribution in [0.3, 0.4) is 0 Å². The molecule has 0 spiro atoms. The van der Waals surface area contributed by atoms with Gasteiger partial charge < -0.3 is 15.4 Å². The molecule has 7 heteroatoms. The van der Waals surface area contributed by atoms with E-state index in [-0.39, 0.29) is 24.8 Å². The van der Waals surface area contributed by atoms with E-state index in [0.717, 1.165) is 5.56 Å². The summed E-state index contributed by atoms with van der Waals surface area (Å²) < 4.78 is 4.94. The van der Waals surface area contributed by atoms with Crippen molar-refractivity contribution in [2.45, 2.75) is 13.3 Å². The molecule has 0 unspecified atom stereocenters. The summed E-state index contributed by atoms with van der Waals surface area (Å²) in [4.78, 5) is 34.9. The molecule has 0 bridgehead atoms. The lowest BCUT2D eigenvalue weighted by molar-refractivity contribution is -0.131. The molecule has 2 rings (SSSR count). The maximum absolute atomic E-state index is 12.1. The van der Waals surface area contributed by atoms with Gasteiger partial charge in [-0.2, -0.15) is 0 Å². The monoisotopic (exact) mass is 374 g/mol. The van der Waals surface area contributed by atoms with Crippen LogP contribution >= 0.6 is 11.6 Å². The molecule has 26 heavy (non-hydrogen) atoms. The van der Waals surface area contributed by atoms with E-state index in [1.165, 1.54) is 13.0 Å². The van der Waals surface area contributed by atoms with Gasteiger partial charge in [-0.05, 0) is 35.9 Å². The van der Waals surface area contributed by atoms with Crippen LogP contribution < -0.4 is 15.4 Å². The molecule has 2 N–H and O–H groups in total. The van der Waals surface area contributed by atoms with Gasteiger partial charge in [0.2, 0.25) is 5.91 Å². The second-order valence-electron chi connectivity index (χ2n) is 5.53. The minimum Gasteiger partial charge on any atom is -0.427 e. The molecule has 0 saturated carbocycles. The van der Waals surface area contributed by atoms with Crippen molar-refractivity contribution in [1.82, 2.24) is 10.6 Å².